The van der Waals surface area contributed by atoms with Crippen LogP contribution in [-0.2, 0) is 4.79 Å². The molecule has 0 bridgehead atoms. The molecule has 0 amide bonds. The van der Waals surface area contributed by atoms with Gasteiger partial charge in [-0.3, -0.25) is 9.59 Å². The Kier molecular flexibility index (Phi) is 9.89. The Hall–Kier alpha value is -2.93. The SMILES string of the molecule is CC(=O)SCC(=O)c1ccc(NSc2ccc3nc(Nc4ccccc4)ccc3c2)nc1.CP. The highest BCUT2D eigenvalue weighted by atomic mass is 32.2. The summed E-state index contributed by atoms with van der Waals surface area (Å²) in [4.78, 5) is 33.0. The van der Waals surface area contributed by atoms with E-state index in [2.05, 4.69) is 35.3 Å². The van der Waals surface area contributed by atoms with Crippen LogP contribution in [0.5, 0.6) is 0 Å². The van der Waals surface area contributed by atoms with Crippen molar-refractivity contribution in [1.29, 1.82) is 0 Å². The van der Waals surface area contributed by atoms with Crippen molar-refractivity contribution in [3.63, 3.8) is 0 Å². The Bertz CT molecular complexity index is 1250. The molecule has 2 heterocycles. The van der Waals surface area contributed by atoms with Crippen LogP contribution in [0.4, 0.5) is 17.3 Å². The van der Waals surface area contributed by atoms with Crippen molar-refractivity contribution in [1.82, 2.24) is 9.97 Å². The Morgan fingerprint density at radius 2 is 1.71 bits per heavy atom. The predicted molar refractivity (Wildman–Crippen MR) is 148 cm³/mol. The van der Waals surface area contributed by atoms with Crippen molar-refractivity contribution in [2.24, 2.45) is 0 Å². The van der Waals surface area contributed by atoms with Crippen LogP contribution in [0.15, 0.2) is 83.9 Å². The minimum absolute atomic E-state index is 0.0738. The number of para-hydroxylation sites is 1. The van der Waals surface area contributed by atoms with Gasteiger partial charge in [-0.1, -0.05) is 36.6 Å². The molecule has 0 saturated heterocycles. The van der Waals surface area contributed by atoms with Crippen LogP contribution in [0.25, 0.3) is 10.9 Å². The van der Waals surface area contributed by atoms with Crippen LogP contribution in [-0.4, -0.2) is 33.3 Å². The quantitative estimate of drug-likeness (QED) is 0.160. The number of nitrogens with zero attached hydrogens (tertiary/aromatic N) is 2. The first kappa shape index (κ1) is 25.7. The van der Waals surface area contributed by atoms with Crippen molar-refractivity contribution in [3.8, 4) is 0 Å². The standard InChI is InChI=1S/C24H20N4O2S2.CH5P/c1-16(29)31-15-22(30)18-8-11-23(25-14-18)28-32-20-9-10-21-17(13-20)7-12-24(27-21)26-19-5-3-2-4-6-19;1-2/h2-14H,15H2,1H3,(H,25,28)(H,26,27);2H2,1H3. The zero-order chi connectivity index (χ0) is 24.3. The summed E-state index contributed by atoms with van der Waals surface area (Å²) in [6.45, 7) is 3.36. The molecule has 0 radical (unpaired) electrons. The first-order valence-electron chi connectivity index (χ1n) is 10.4. The number of carbonyl (C=O) groups is 2. The zero-order valence-corrected chi connectivity index (χ0v) is 21.6. The van der Waals surface area contributed by atoms with Crippen molar-refractivity contribution in [2.75, 3.05) is 22.5 Å². The lowest BCUT2D eigenvalue weighted by molar-refractivity contribution is -0.109. The molecule has 0 fully saturated rings. The number of benzene rings is 2. The van der Waals surface area contributed by atoms with Crippen LogP contribution < -0.4 is 10.0 Å². The first-order chi connectivity index (χ1) is 16.6. The van der Waals surface area contributed by atoms with Crippen LogP contribution in [0.3, 0.4) is 0 Å². The van der Waals surface area contributed by atoms with Gasteiger partial charge in [0, 0.05) is 34.7 Å². The molecule has 0 aliphatic carbocycles. The number of ketones is 1. The monoisotopic (exact) mass is 508 g/mol. The van der Waals surface area contributed by atoms with E-state index in [0.717, 1.165) is 39.1 Å². The Morgan fingerprint density at radius 3 is 2.41 bits per heavy atom. The summed E-state index contributed by atoms with van der Waals surface area (Å²) >= 11 is 2.44. The summed E-state index contributed by atoms with van der Waals surface area (Å²) in [7, 11) is 2.42. The largest absolute Gasteiger partial charge is 0.340 e. The van der Waals surface area contributed by atoms with Gasteiger partial charge in [-0.05, 0) is 66.5 Å². The summed E-state index contributed by atoms with van der Waals surface area (Å²) in [6.07, 6.45) is 1.53. The summed E-state index contributed by atoms with van der Waals surface area (Å²) in [5.41, 5.74) is 2.39. The van der Waals surface area contributed by atoms with Gasteiger partial charge in [0.25, 0.3) is 0 Å². The molecule has 2 aromatic carbocycles. The smallest absolute Gasteiger partial charge is 0.186 e. The van der Waals surface area contributed by atoms with E-state index >= 15 is 0 Å². The number of anilines is 3. The van der Waals surface area contributed by atoms with Gasteiger partial charge < -0.3 is 10.0 Å². The maximum absolute atomic E-state index is 12.0. The highest BCUT2D eigenvalue weighted by Gasteiger charge is 2.09. The second kappa shape index (κ2) is 13.1. The summed E-state index contributed by atoms with van der Waals surface area (Å²) < 4.78 is 3.19. The molecule has 0 spiro atoms. The minimum atomic E-state index is -0.111. The van der Waals surface area contributed by atoms with Crippen molar-refractivity contribution in [3.05, 3.63) is 84.6 Å². The topological polar surface area (TPSA) is 84.0 Å². The number of pyridine rings is 2. The van der Waals surface area contributed by atoms with E-state index in [1.807, 2.05) is 61.3 Å². The van der Waals surface area contributed by atoms with Crippen LogP contribution in [0, 0.1) is 0 Å². The third-order valence-electron chi connectivity index (χ3n) is 4.47. The number of aromatic nitrogens is 2. The lowest BCUT2D eigenvalue weighted by Crippen LogP contribution is -2.05. The number of nitrogens with one attached hydrogen (secondary N) is 2. The molecule has 4 rings (SSSR count). The van der Waals surface area contributed by atoms with Crippen LogP contribution >= 0.6 is 32.9 Å². The third-order valence-corrected chi connectivity index (χ3v) is 6.09. The normalized spacial score (nSPS) is 10.2. The Balaban J connectivity index is 0.00000158. The fraction of sp³-hybridized carbons (Fsp3) is 0.120. The van der Waals surface area contributed by atoms with Crippen LogP contribution in [0.2, 0.25) is 0 Å². The summed E-state index contributed by atoms with van der Waals surface area (Å²) in [6, 6.07) is 23.4. The van der Waals surface area contributed by atoms with Crippen LogP contribution in [0.1, 0.15) is 17.3 Å². The molecule has 2 aromatic heterocycles. The minimum Gasteiger partial charge on any atom is -0.340 e. The molecule has 34 heavy (non-hydrogen) atoms. The summed E-state index contributed by atoms with van der Waals surface area (Å²) in [5, 5.41) is 4.26. The number of rotatable bonds is 8. The second-order valence-corrected chi connectivity index (χ2v) is 8.91. The molecule has 9 heteroatoms. The Labute approximate surface area is 210 Å². The number of hydrogen-bond acceptors (Lipinski definition) is 8. The van der Waals surface area contributed by atoms with Gasteiger partial charge >= 0.3 is 0 Å². The molecule has 2 N–H and O–H groups in total. The molecule has 1 unspecified atom stereocenters. The average molecular weight is 509 g/mol. The number of thioether (sulfide) groups is 1. The van der Waals surface area contributed by atoms with Gasteiger partial charge in [0.05, 0.1) is 11.3 Å². The molecule has 0 aliphatic heterocycles. The van der Waals surface area contributed by atoms with E-state index in [1.165, 1.54) is 25.1 Å². The van der Waals surface area contributed by atoms with Gasteiger partial charge in [0.15, 0.2) is 10.9 Å². The maximum Gasteiger partial charge on any atom is 0.186 e. The zero-order valence-electron chi connectivity index (χ0n) is 18.8. The van der Waals surface area contributed by atoms with Gasteiger partial charge in [-0.25, -0.2) is 9.97 Å². The number of fused-ring (bicyclic) bond motifs is 1. The molecule has 1 atom stereocenters. The van der Waals surface area contributed by atoms with E-state index in [1.54, 1.807) is 12.1 Å². The maximum atomic E-state index is 12.0. The molecule has 4 aromatic rings. The highest BCUT2D eigenvalue weighted by molar-refractivity contribution is 8.14. The lowest BCUT2D eigenvalue weighted by atomic mass is 10.2. The van der Waals surface area contributed by atoms with E-state index in [9.17, 15) is 9.59 Å². The first-order valence-corrected chi connectivity index (χ1v) is 13.4. The second-order valence-electron chi connectivity index (χ2n) is 6.88. The van der Waals surface area contributed by atoms with E-state index in [0.29, 0.717) is 11.4 Å². The van der Waals surface area contributed by atoms with Gasteiger partial charge in [0.1, 0.15) is 11.6 Å². The molecular weight excluding hydrogens is 483 g/mol. The fourth-order valence-electron chi connectivity index (χ4n) is 2.89. The molecule has 6 nitrogen and oxygen atoms in total. The van der Waals surface area contributed by atoms with E-state index in [-0.39, 0.29) is 16.7 Å². The molecule has 174 valence electrons. The van der Waals surface area contributed by atoms with E-state index in [4.69, 9.17) is 0 Å². The number of carbonyl (C=O) groups excluding carboxylic acids is 2. The summed E-state index contributed by atoms with van der Waals surface area (Å²) in [5.74, 6) is 1.46. The van der Waals surface area contributed by atoms with Gasteiger partial charge in [-0.15, -0.1) is 9.24 Å². The van der Waals surface area contributed by atoms with Gasteiger partial charge in [-0.2, -0.15) is 0 Å². The average Bonchev–Trinajstić information content (AvgIpc) is 2.88. The molecule has 0 aliphatic rings. The van der Waals surface area contributed by atoms with E-state index < -0.39 is 0 Å². The number of Topliss-reactive ketones (excluding diaryl/α,β-unsaturated/α-hetero) is 1. The number of hydrogen-bond donors (Lipinski definition) is 2. The van der Waals surface area contributed by atoms with Crippen molar-refractivity contribution < 1.29 is 9.59 Å². The third kappa shape index (κ3) is 7.55. The van der Waals surface area contributed by atoms with Gasteiger partial charge in [0.2, 0.25) is 0 Å². The lowest BCUT2D eigenvalue weighted by Gasteiger charge is -2.08. The highest BCUT2D eigenvalue weighted by Crippen LogP contribution is 2.25. The molecule has 0 saturated carbocycles. The predicted octanol–water partition coefficient (Wildman–Crippen LogP) is 6.45. The van der Waals surface area contributed by atoms with Crippen molar-refractivity contribution in [2.45, 2.75) is 11.8 Å². The fourth-order valence-corrected chi connectivity index (χ4v) is 4.05. The Morgan fingerprint density at radius 1 is 0.941 bits per heavy atom. The van der Waals surface area contributed by atoms with Crippen molar-refractivity contribution >= 4 is 72.1 Å². The molecular formula is C25H25N4O2PS2.